The Morgan fingerprint density at radius 1 is 1.03 bits per heavy atom. The number of hydrogen-bond acceptors (Lipinski definition) is 5. The minimum Gasteiger partial charge on any atom is -0.494 e. The molecule has 0 fully saturated rings. The van der Waals surface area contributed by atoms with Crippen LogP contribution in [0.4, 0.5) is 10.1 Å². The number of rotatable bonds is 9. The number of halogens is 1. The van der Waals surface area contributed by atoms with Gasteiger partial charge in [-0.25, -0.2) is 12.8 Å². The van der Waals surface area contributed by atoms with Crippen LogP contribution in [0.3, 0.4) is 0 Å². The van der Waals surface area contributed by atoms with Gasteiger partial charge in [0.25, 0.3) is 0 Å². The maximum Gasteiger partial charge on any atom is 0.243 e. The maximum atomic E-state index is 13.8. The van der Waals surface area contributed by atoms with E-state index in [1.165, 1.54) is 42.7 Å². The molecule has 0 heterocycles. The molecule has 0 spiro atoms. The van der Waals surface area contributed by atoms with Crippen molar-refractivity contribution in [3.8, 4) is 5.75 Å². The van der Waals surface area contributed by atoms with Crippen LogP contribution in [-0.4, -0.2) is 39.2 Å². The zero-order chi connectivity index (χ0) is 22.4. The Hall–Kier alpha value is -3.23. The SMILES string of the molecule is COc1ccc(C(=O)CNc2ccc(S(=O)(=O)N(C)Cc3ccccc3)cc2)cc1F. The van der Waals surface area contributed by atoms with E-state index in [4.69, 9.17) is 4.74 Å². The Labute approximate surface area is 181 Å². The van der Waals surface area contributed by atoms with Crippen molar-refractivity contribution in [2.75, 3.05) is 26.0 Å². The summed E-state index contributed by atoms with van der Waals surface area (Å²) in [5, 5.41) is 2.93. The van der Waals surface area contributed by atoms with Crippen molar-refractivity contribution in [2.24, 2.45) is 0 Å². The monoisotopic (exact) mass is 442 g/mol. The van der Waals surface area contributed by atoms with Crippen molar-refractivity contribution in [3.63, 3.8) is 0 Å². The predicted molar refractivity (Wildman–Crippen MR) is 117 cm³/mol. The van der Waals surface area contributed by atoms with Gasteiger partial charge in [-0.05, 0) is 48.0 Å². The number of hydrogen-bond donors (Lipinski definition) is 1. The zero-order valence-electron chi connectivity index (χ0n) is 17.2. The summed E-state index contributed by atoms with van der Waals surface area (Å²) in [4.78, 5) is 12.4. The first-order chi connectivity index (χ1) is 14.8. The average Bonchev–Trinajstić information content (AvgIpc) is 2.78. The van der Waals surface area contributed by atoms with E-state index < -0.39 is 15.8 Å². The van der Waals surface area contributed by atoms with E-state index >= 15 is 0 Å². The lowest BCUT2D eigenvalue weighted by Crippen LogP contribution is -2.26. The molecule has 0 bridgehead atoms. The first kappa shape index (κ1) is 22.5. The summed E-state index contributed by atoms with van der Waals surface area (Å²) in [7, 11) is -0.774. The van der Waals surface area contributed by atoms with E-state index in [0.29, 0.717) is 5.69 Å². The molecule has 6 nitrogen and oxygen atoms in total. The molecule has 3 aromatic carbocycles. The number of ketones is 1. The first-order valence-corrected chi connectivity index (χ1v) is 11.0. The Kier molecular flexibility index (Phi) is 7.04. The van der Waals surface area contributed by atoms with Gasteiger partial charge in [-0.1, -0.05) is 30.3 Å². The van der Waals surface area contributed by atoms with Gasteiger partial charge in [0, 0.05) is 24.8 Å². The molecular formula is C23H23FN2O4S. The highest BCUT2D eigenvalue weighted by molar-refractivity contribution is 7.89. The number of anilines is 1. The molecule has 0 atom stereocenters. The molecule has 0 aliphatic heterocycles. The van der Waals surface area contributed by atoms with Crippen LogP contribution in [0.1, 0.15) is 15.9 Å². The Morgan fingerprint density at radius 3 is 2.32 bits per heavy atom. The number of nitrogens with zero attached hydrogens (tertiary/aromatic N) is 1. The van der Waals surface area contributed by atoms with Gasteiger partial charge < -0.3 is 10.1 Å². The predicted octanol–water partition coefficient (Wildman–Crippen LogP) is 3.95. The second-order valence-corrected chi connectivity index (χ2v) is 8.94. The number of methoxy groups -OCH3 is 1. The Morgan fingerprint density at radius 2 is 1.71 bits per heavy atom. The molecular weight excluding hydrogens is 419 g/mol. The Bertz CT molecular complexity index is 1150. The largest absolute Gasteiger partial charge is 0.494 e. The van der Waals surface area contributed by atoms with Crippen molar-refractivity contribution in [1.29, 1.82) is 0 Å². The van der Waals surface area contributed by atoms with Crippen molar-refractivity contribution < 1.29 is 22.3 Å². The topological polar surface area (TPSA) is 75.7 Å². The van der Waals surface area contributed by atoms with Crippen LogP contribution in [-0.2, 0) is 16.6 Å². The molecule has 8 heteroatoms. The summed E-state index contributed by atoms with van der Waals surface area (Å²) >= 11 is 0. The molecule has 3 rings (SSSR count). The third-order valence-corrected chi connectivity index (χ3v) is 6.56. The number of Topliss-reactive ketones (excluding diaryl/α,β-unsaturated/α-hetero) is 1. The van der Waals surface area contributed by atoms with Crippen LogP contribution in [0.5, 0.6) is 5.75 Å². The normalized spacial score (nSPS) is 11.4. The van der Waals surface area contributed by atoms with Crippen LogP contribution in [0.2, 0.25) is 0 Å². The first-order valence-electron chi connectivity index (χ1n) is 9.52. The molecule has 31 heavy (non-hydrogen) atoms. The van der Waals surface area contributed by atoms with E-state index in [1.54, 1.807) is 12.1 Å². The van der Waals surface area contributed by atoms with Gasteiger partial charge in [-0.3, -0.25) is 4.79 Å². The van der Waals surface area contributed by atoms with E-state index in [2.05, 4.69) is 5.32 Å². The fourth-order valence-electron chi connectivity index (χ4n) is 2.97. The lowest BCUT2D eigenvalue weighted by molar-refractivity contribution is 0.101. The molecule has 1 N–H and O–H groups in total. The molecule has 0 aliphatic carbocycles. The minimum atomic E-state index is -3.65. The van der Waals surface area contributed by atoms with E-state index in [9.17, 15) is 17.6 Å². The molecule has 162 valence electrons. The van der Waals surface area contributed by atoms with Gasteiger partial charge in [0.1, 0.15) is 0 Å². The second kappa shape index (κ2) is 9.72. The molecule has 0 radical (unpaired) electrons. The summed E-state index contributed by atoms with van der Waals surface area (Å²) in [6.45, 7) is 0.196. The van der Waals surface area contributed by atoms with Crippen LogP contribution < -0.4 is 10.1 Å². The Balaban J connectivity index is 1.63. The summed E-state index contributed by atoms with van der Waals surface area (Å²) in [5.74, 6) is -0.845. The molecule has 0 unspecified atom stereocenters. The highest BCUT2D eigenvalue weighted by Gasteiger charge is 2.20. The number of carbonyl (C=O) groups excluding carboxylic acids is 1. The lowest BCUT2D eigenvalue weighted by Gasteiger charge is -2.17. The van der Waals surface area contributed by atoms with Crippen molar-refractivity contribution >= 4 is 21.5 Å². The highest BCUT2D eigenvalue weighted by atomic mass is 32.2. The van der Waals surface area contributed by atoms with Crippen LogP contribution in [0.25, 0.3) is 0 Å². The molecule has 0 saturated heterocycles. The molecule has 0 amide bonds. The maximum absolute atomic E-state index is 13.8. The number of benzene rings is 3. The molecule has 0 aromatic heterocycles. The smallest absolute Gasteiger partial charge is 0.243 e. The van der Waals surface area contributed by atoms with Crippen LogP contribution in [0, 0.1) is 5.82 Å². The van der Waals surface area contributed by atoms with E-state index in [1.807, 2.05) is 30.3 Å². The number of ether oxygens (including phenoxy) is 1. The van der Waals surface area contributed by atoms with E-state index in [0.717, 1.165) is 11.6 Å². The molecule has 3 aromatic rings. The van der Waals surface area contributed by atoms with Gasteiger partial charge in [-0.15, -0.1) is 0 Å². The third-order valence-electron chi connectivity index (χ3n) is 4.74. The zero-order valence-corrected chi connectivity index (χ0v) is 18.0. The summed E-state index contributed by atoms with van der Waals surface area (Å²) < 4.78 is 45.5. The number of nitrogens with one attached hydrogen (secondary N) is 1. The summed E-state index contributed by atoms with van der Waals surface area (Å²) in [6, 6.07) is 19.5. The molecule has 0 aliphatic rings. The van der Waals surface area contributed by atoms with Crippen LogP contribution in [0.15, 0.2) is 77.7 Å². The van der Waals surface area contributed by atoms with Gasteiger partial charge in [0.2, 0.25) is 10.0 Å². The van der Waals surface area contributed by atoms with Gasteiger partial charge in [0.15, 0.2) is 17.3 Å². The van der Waals surface area contributed by atoms with Gasteiger partial charge in [0.05, 0.1) is 18.6 Å². The number of carbonyl (C=O) groups is 1. The molecule has 0 saturated carbocycles. The lowest BCUT2D eigenvalue weighted by atomic mass is 10.1. The number of sulfonamides is 1. The standard InChI is InChI=1S/C23H23FN2O4S/c1-26(16-17-6-4-3-5-7-17)31(28,29)20-11-9-19(10-12-20)25-15-22(27)18-8-13-23(30-2)21(24)14-18/h3-14,25H,15-16H2,1-2H3. The quantitative estimate of drug-likeness (QED) is 0.508. The van der Waals surface area contributed by atoms with Gasteiger partial charge >= 0.3 is 0 Å². The van der Waals surface area contributed by atoms with Crippen molar-refractivity contribution in [1.82, 2.24) is 4.31 Å². The van der Waals surface area contributed by atoms with E-state index in [-0.39, 0.29) is 35.1 Å². The summed E-state index contributed by atoms with van der Waals surface area (Å²) in [6.07, 6.45) is 0. The summed E-state index contributed by atoms with van der Waals surface area (Å²) in [5.41, 5.74) is 1.68. The van der Waals surface area contributed by atoms with Gasteiger partial charge in [-0.2, -0.15) is 4.31 Å². The fraction of sp³-hybridized carbons (Fsp3) is 0.174. The third kappa shape index (κ3) is 5.48. The van der Waals surface area contributed by atoms with Crippen LogP contribution >= 0.6 is 0 Å². The fourth-order valence-corrected chi connectivity index (χ4v) is 4.13. The van der Waals surface area contributed by atoms with Crippen molar-refractivity contribution in [2.45, 2.75) is 11.4 Å². The van der Waals surface area contributed by atoms with Crippen molar-refractivity contribution in [3.05, 3.63) is 89.7 Å². The highest BCUT2D eigenvalue weighted by Crippen LogP contribution is 2.20. The minimum absolute atomic E-state index is 0.0637. The second-order valence-electron chi connectivity index (χ2n) is 6.90. The average molecular weight is 443 g/mol.